The number of quaternary nitrogens is 1. The van der Waals surface area contributed by atoms with Crippen LogP contribution in [0.5, 0.6) is 51.7 Å². The summed E-state index contributed by atoms with van der Waals surface area (Å²) in [6.45, 7) is 11.6. The molecule has 5 aromatic carbocycles. The summed E-state index contributed by atoms with van der Waals surface area (Å²) in [6, 6.07) is 21.0. The lowest BCUT2D eigenvalue weighted by molar-refractivity contribution is -0.991. The number of methoxy groups -OCH3 is 8. The Morgan fingerprint density at radius 3 is 1.44 bits per heavy atom. The molecule has 24 nitrogen and oxygen atoms in total. The molecular formula is C64H85N7O17. The van der Waals surface area contributed by atoms with Gasteiger partial charge in [0.25, 0.3) is 0 Å². The molecule has 9 rings (SSSR count). The Kier molecular flexibility index (Phi) is 24.9. The van der Waals surface area contributed by atoms with Crippen LogP contribution >= 0.6 is 0 Å². The van der Waals surface area contributed by atoms with Crippen LogP contribution in [-0.4, -0.2) is 184 Å². The van der Waals surface area contributed by atoms with Crippen molar-refractivity contribution in [3.8, 4) is 74.0 Å². The van der Waals surface area contributed by atoms with E-state index in [1.165, 1.54) is 24.3 Å². The van der Waals surface area contributed by atoms with Gasteiger partial charge in [-0.05, 0) is 120 Å². The Hall–Kier alpha value is -8.26. The molecule has 5 aromatic rings. The number of hydrogen-bond donors (Lipinski definition) is 4. The predicted octanol–water partition coefficient (Wildman–Crippen LogP) is 7.15. The third-order valence-corrected chi connectivity index (χ3v) is 16.0. The summed E-state index contributed by atoms with van der Waals surface area (Å²) < 4.78 is 60.2. The Morgan fingerprint density at radius 2 is 1.00 bits per heavy atom. The minimum absolute atomic E-state index is 0.0656. The number of rotatable bonds is 19. The van der Waals surface area contributed by atoms with Gasteiger partial charge in [-0.3, -0.25) is 19.4 Å². The van der Waals surface area contributed by atoms with Gasteiger partial charge in [0.05, 0.1) is 76.1 Å². The number of ether oxygens (including phenoxy) is 11. The second kappa shape index (κ2) is 32.6. The Bertz CT molecular complexity index is 3150. The molecule has 0 radical (unpaired) electrons. The maximum Gasteiger partial charge on any atom is 0.513 e. The Morgan fingerprint density at radius 1 is 0.557 bits per heavy atom. The standard InChI is InChI=1S/C29H39N3O7.C19H23NO4.C16H23N3O6/c1-19(33)32-14-12-31(13-15-32)11-6-16-39-29(34)30-24-10-7-20-17-25(36-3)27(37-4)28(38-5)26(20)22-9-8-21(35-2)18-23(22)24;1-21-12-6-7-13-14(10-12)15(20)8-5-11-9-16(22-2)18(23-3)19(24-4)17(11)13;1-13(20)18-10-8-17(9-11-18)7-2-12-24-16(21)25-15-5-3-14(4-6-15)19(22)23/h8-9,17-18,24H,6-7,10-16H2,1-5H3,(H,30,34);6-7,9-10,15H,5,8,20H2,1-4H3;3-6,19,22H,2,7-12H2,1H3/t24-;15-;/m00./s1. The molecule has 3 atom stereocenters. The average molecular weight is 1220 g/mol. The second-order valence-corrected chi connectivity index (χ2v) is 21.2. The highest BCUT2D eigenvalue weighted by Gasteiger charge is 2.32. The smallest absolute Gasteiger partial charge is 0.513 e. The van der Waals surface area contributed by atoms with E-state index in [0.717, 1.165) is 135 Å². The molecule has 2 aliphatic carbocycles. The van der Waals surface area contributed by atoms with E-state index in [1.807, 2.05) is 58.3 Å². The number of nitrogens with zero attached hydrogens (tertiary/aromatic N) is 4. The van der Waals surface area contributed by atoms with Crippen molar-refractivity contribution in [3.05, 3.63) is 100 Å². The summed E-state index contributed by atoms with van der Waals surface area (Å²) in [7, 11) is 13.0. The number of fused-ring (bicyclic) bond motifs is 6. The van der Waals surface area contributed by atoms with Crippen molar-refractivity contribution < 1.29 is 81.7 Å². The molecule has 24 heteroatoms. The van der Waals surface area contributed by atoms with Crippen molar-refractivity contribution >= 4 is 29.8 Å². The second-order valence-electron chi connectivity index (χ2n) is 21.2. The van der Waals surface area contributed by atoms with Crippen LogP contribution in [0.15, 0.2) is 72.8 Å². The number of carbonyl (C=O) groups excluding carboxylic acids is 4. The molecule has 0 bridgehead atoms. The fourth-order valence-electron chi connectivity index (χ4n) is 11.3. The summed E-state index contributed by atoms with van der Waals surface area (Å²) in [5.74, 6) is 5.58. The van der Waals surface area contributed by atoms with Crippen molar-refractivity contribution in [2.75, 3.05) is 136 Å². The molecule has 1 unspecified atom stereocenters. The molecule has 4 aliphatic rings. The van der Waals surface area contributed by atoms with Crippen LogP contribution in [0.1, 0.15) is 73.9 Å². The predicted molar refractivity (Wildman–Crippen MR) is 328 cm³/mol. The first-order chi connectivity index (χ1) is 42.5. The zero-order valence-electron chi connectivity index (χ0n) is 52.2. The fraction of sp³-hybridized carbons (Fsp3) is 0.469. The topological polar surface area (TPSA) is 269 Å². The summed E-state index contributed by atoms with van der Waals surface area (Å²) in [4.78, 5) is 55.4. The maximum absolute atomic E-state index is 12.9. The first-order valence-corrected chi connectivity index (χ1v) is 29.3. The molecule has 0 aromatic heterocycles. The quantitative estimate of drug-likeness (QED) is 0.0277. The SMILES string of the molecule is CC(=O)N1CCN(CCCOC(=O)Oc2ccc([NH+]([O-])O)cc2)CC1.COc1ccc2c(c1)[C@@H](N)CCc1cc(OC)c(OC)c(OC)c1-2.COc1ccc2c(c1)[C@@H](NC(=O)OCCCN1CCN(C(C)=O)CC1)CCc1cc(OC)c(OC)c(OC)c1-2. The van der Waals surface area contributed by atoms with Gasteiger partial charge in [-0.15, -0.1) is 0 Å². The first kappa shape index (κ1) is 67.3. The number of aryl methyl sites for hydroxylation is 2. The number of amides is 3. The van der Waals surface area contributed by atoms with Crippen LogP contribution in [0.2, 0.25) is 0 Å². The summed E-state index contributed by atoms with van der Waals surface area (Å²) in [6.07, 6.45) is 3.14. The Labute approximate surface area is 514 Å². The molecule has 2 aliphatic heterocycles. The summed E-state index contributed by atoms with van der Waals surface area (Å²) >= 11 is 0. The maximum atomic E-state index is 12.9. The third kappa shape index (κ3) is 17.1. The third-order valence-electron chi connectivity index (χ3n) is 16.0. The van der Waals surface area contributed by atoms with Gasteiger partial charge < -0.3 is 78.2 Å². The van der Waals surface area contributed by atoms with E-state index in [2.05, 4.69) is 15.1 Å². The van der Waals surface area contributed by atoms with Gasteiger partial charge in [-0.1, -0.05) is 12.1 Å². The van der Waals surface area contributed by atoms with E-state index in [4.69, 9.17) is 63.0 Å². The molecule has 2 heterocycles. The number of nitrogens with one attached hydrogen (secondary N) is 2. The minimum Gasteiger partial charge on any atom is -0.595 e. The normalized spacial score (nSPS) is 16.4. The average Bonchev–Trinajstić information content (AvgIpc) is 2.00. The van der Waals surface area contributed by atoms with E-state index in [0.29, 0.717) is 66.1 Å². The zero-order valence-corrected chi connectivity index (χ0v) is 52.2. The van der Waals surface area contributed by atoms with Gasteiger partial charge in [0, 0.05) is 109 Å². The van der Waals surface area contributed by atoms with E-state index in [-0.39, 0.29) is 41.9 Å². The van der Waals surface area contributed by atoms with Gasteiger partial charge in [-0.2, -0.15) is 5.23 Å². The van der Waals surface area contributed by atoms with Crippen LogP contribution in [0.4, 0.5) is 15.3 Å². The Balaban J connectivity index is 0.000000197. The van der Waals surface area contributed by atoms with Crippen molar-refractivity contribution in [3.63, 3.8) is 0 Å². The molecule has 88 heavy (non-hydrogen) atoms. The number of benzene rings is 5. The van der Waals surface area contributed by atoms with Gasteiger partial charge in [0.1, 0.15) is 17.2 Å². The number of nitrogens with two attached hydrogens (primary N) is 1. The molecule has 2 saturated heterocycles. The highest BCUT2D eigenvalue weighted by atomic mass is 16.8. The van der Waals surface area contributed by atoms with Gasteiger partial charge >= 0.3 is 12.2 Å². The van der Waals surface area contributed by atoms with E-state index in [1.54, 1.807) is 70.7 Å². The van der Waals surface area contributed by atoms with E-state index >= 15 is 0 Å². The minimum atomic E-state index is -1.04. The molecule has 2 fully saturated rings. The van der Waals surface area contributed by atoms with Crippen molar-refractivity contribution in [2.45, 2.75) is 64.5 Å². The van der Waals surface area contributed by atoms with Crippen LogP contribution < -0.4 is 58.9 Å². The van der Waals surface area contributed by atoms with Crippen LogP contribution in [-0.2, 0) is 31.9 Å². The molecule has 5 N–H and O–H groups in total. The molecule has 478 valence electrons. The van der Waals surface area contributed by atoms with Crippen molar-refractivity contribution in [2.24, 2.45) is 5.73 Å². The van der Waals surface area contributed by atoms with E-state index in [9.17, 15) is 24.4 Å². The number of hydrogen-bond acceptors (Lipinski definition) is 20. The lowest BCUT2D eigenvalue weighted by Gasteiger charge is -2.34. The van der Waals surface area contributed by atoms with Gasteiger partial charge in [0.2, 0.25) is 23.3 Å². The lowest BCUT2D eigenvalue weighted by Crippen LogP contribution is -2.99. The van der Waals surface area contributed by atoms with Gasteiger partial charge in [-0.25, -0.2) is 14.8 Å². The van der Waals surface area contributed by atoms with Crippen LogP contribution in [0.3, 0.4) is 0 Å². The number of piperazine rings is 2. The van der Waals surface area contributed by atoms with Gasteiger partial charge in [0.15, 0.2) is 28.7 Å². The largest absolute Gasteiger partial charge is 0.595 e. The molecule has 0 spiro atoms. The molecule has 0 saturated carbocycles. The monoisotopic (exact) mass is 1220 g/mol. The first-order valence-electron chi connectivity index (χ1n) is 29.3. The molecule has 3 amide bonds. The number of alkyl carbamates (subject to hydrolysis) is 1. The highest BCUT2D eigenvalue weighted by Crippen LogP contribution is 2.52. The van der Waals surface area contributed by atoms with E-state index < -0.39 is 17.5 Å². The van der Waals surface area contributed by atoms with Crippen molar-refractivity contribution in [1.29, 1.82) is 0 Å². The summed E-state index contributed by atoms with van der Waals surface area (Å²) in [5.41, 5.74) is 14.6. The lowest BCUT2D eigenvalue weighted by atomic mass is 9.93. The zero-order chi connectivity index (χ0) is 63.4. The summed E-state index contributed by atoms with van der Waals surface area (Å²) in [5, 5.41) is 21.6. The van der Waals surface area contributed by atoms with Crippen molar-refractivity contribution in [1.82, 2.24) is 24.9 Å². The van der Waals surface area contributed by atoms with Crippen LogP contribution in [0, 0.1) is 5.21 Å². The van der Waals surface area contributed by atoms with Crippen LogP contribution in [0.25, 0.3) is 22.3 Å². The fourth-order valence-corrected chi connectivity index (χ4v) is 11.3. The highest BCUT2D eigenvalue weighted by molar-refractivity contribution is 5.85. The number of carbonyl (C=O) groups is 4. The molecular weight excluding hydrogens is 1140 g/mol.